The van der Waals surface area contributed by atoms with Gasteiger partial charge < -0.3 is 10.6 Å². The Hall–Kier alpha value is -2.34. The van der Waals surface area contributed by atoms with E-state index in [4.69, 9.17) is 0 Å². The SMILES string of the molecule is Cc1cccc(CNC(=O)Nc2ccc(S(C)(=O)=O)cc2)c1. The van der Waals surface area contributed by atoms with Crippen molar-refractivity contribution in [2.24, 2.45) is 0 Å². The summed E-state index contributed by atoms with van der Waals surface area (Å²) in [6, 6.07) is 13.6. The molecule has 0 spiro atoms. The molecule has 0 unspecified atom stereocenters. The zero-order valence-corrected chi connectivity index (χ0v) is 13.3. The minimum absolute atomic E-state index is 0.221. The Kier molecular flexibility index (Phi) is 4.82. The van der Waals surface area contributed by atoms with Crippen molar-refractivity contribution in [1.29, 1.82) is 0 Å². The Labute approximate surface area is 130 Å². The van der Waals surface area contributed by atoms with Crippen LogP contribution in [0.1, 0.15) is 11.1 Å². The molecule has 0 saturated heterocycles. The first kappa shape index (κ1) is 16.0. The van der Waals surface area contributed by atoms with E-state index in [0.29, 0.717) is 12.2 Å². The molecule has 5 nitrogen and oxygen atoms in total. The number of anilines is 1. The molecule has 0 aliphatic heterocycles. The average molecular weight is 318 g/mol. The monoisotopic (exact) mass is 318 g/mol. The zero-order valence-electron chi connectivity index (χ0n) is 12.5. The van der Waals surface area contributed by atoms with Crippen molar-refractivity contribution in [3.05, 3.63) is 59.7 Å². The van der Waals surface area contributed by atoms with Crippen molar-refractivity contribution in [3.63, 3.8) is 0 Å². The lowest BCUT2D eigenvalue weighted by Crippen LogP contribution is -2.28. The number of urea groups is 1. The second kappa shape index (κ2) is 6.62. The molecule has 22 heavy (non-hydrogen) atoms. The van der Waals surface area contributed by atoms with Gasteiger partial charge in [-0.2, -0.15) is 0 Å². The number of aryl methyl sites for hydroxylation is 1. The van der Waals surface area contributed by atoms with Crippen LogP contribution in [-0.2, 0) is 16.4 Å². The van der Waals surface area contributed by atoms with Crippen molar-refractivity contribution >= 4 is 21.6 Å². The van der Waals surface area contributed by atoms with Crippen LogP contribution >= 0.6 is 0 Å². The Morgan fingerprint density at radius 3 is 2.36 bits per heavy atom. The number of rotatable bonds is 4. The van der Waals surface area contributed by atoms with Gasteiger partial charge in [0, 0.05) is 18.5 Å². The van der Waals surface area contributed by atoms with Gasteiger partial charge in [-0.15, -0.1) is 0 Å². The molecule has 0 radical (unpaired) electrons. The molecule has 6 heteroatoms. The zero-order chi connectivity index (χ0) is 16.2. The summed E-state index contributed by atoms with van der Waals surface area (Å²) in [6.45, 7) is 2.42. The number of nitrogens with one attached hydrogen (secondary N) is 2. The molecule has 0 heterocycles. The van der Waals surface area contributed by atoms with E-state index in [-0.39, 0.29) is 10.9 Å². The molecule has 0 saturated carbocycles. The van der Waals surface area contributed by atoms with Crippen LogP contribution in [0.3, 0.4) is 0 Å². The largest absolute Gasteiger partial charge is 0.334 e. The third kappa shape index (κ3) is 4.60. The van der Waals surface area contributed by atoms with Gasteiger partial charge in [-0.3, -0.25) is 0 Å². The summed E-state index contributed by atoms with van der Waals surface area (Å²) in [5, 5.41) is 5.41. The molecule has 2 amide bonds. The maximum Gasteiger partial charge on any atom is 0.319 e. The van der Waals surface area contributed by atoms with Gasteiger partial charge in [-0.1, -0.05) is 29.8 Å². The summed E-state index contributed by atoms with van der Waals surface area (Å²) in [5.74, 6) is 0. The van der Waals surface area contributed by atoms with Crippen molar-refractivity contribution < 1.29 is 13.2 Å². The van der Waals surface area contributed by atoms with E-state index in [2.05, 4.69) is 10.6 Å². The van der Waals surface area contributed by atoms with Gasteiger partial charge in [0.1, 0.15) is 0 Å². The molecule has 116 valence electrons. The number of benzene rings is 2. The fraction of sp³-hybridized carbons (Fsp3) is 0.188. The van der Waals surface area contributed by atoms with E-state index in [1.807, 2.05) is 31.2 Å². The maximum atomic E-state index is 11.8. The molecule has 2 rings (SSSR count). The van der Waals surface area contributed by atoms with Crippen LogP contribution in [0.4, 0.5) is 10.5 Å². The molecule has 2 aromatic rings. The molecule has 0 bridgehead atoms. The van der Waals surface area contributed by atoms with Crippen LogP contribution in [0.15, 0.2) is 53.4 Å². The maximum absolute atomic E-state index is 11.8. The lowest BCUT2D eigenvalue weighted by Gasteiger charge is -2.08. The number of sulfone groups is 1. The third-order valence-electron chi connectivity index (χ3n) is 3.08. The normalized spacial score (nSPS) is 11.0. The smallest absolute Gasteiger partial charge is 0.319 e. The van der Waals surface area contributed by atoms with Gasteiger partial charge in [-0.25, -0.2) is 13.2 Å². The second-order valence-electron chi connectivity index (χ2n) is 5.09. The number of carbonyl (C=O) groups is 1. The summed E-state index contributed by atoms with van der Waals surface area (Å²) >= 11 is 0. The summed E-state index contributed by atoms with van der Waals surface area (Å²) in [5.41, 5.74) is 2.69. The molecule has 0 aliphatic rings. The van der Waals surface area contributed by atoms with E-state index >= 15 is 0 Å². The van der Waals surface area contributed by atoms with Gasteiger partial charge in [0.2, 0.25) is 0 Å². The Balaban J connectivity index is 1.92. The fourth-order valence-electron chi connectivity index (χ4n) is 1.97. The van der Waals surface area contributed by atoms with E-state index < -0.39 is 9.84 Å². The van der Waals surface area contributed by atoms with Gasteiger partial charge in [-0.05, 0) is 36.8 Å². The molecule has 2 N–H and O–H groups in total. The highest BCUT2D eigenvalue weighted by Crippen LogP contribution is 2.13. The average Bonchev–Trinajstić information content (AvgIpc) is 2.45. The minimum Gasteiger partial charge on any atom is -0.334 e. The third-order valence-corrected chi connectivity index (χ3v) is 4.20. The Morgan fingerprint density at radius 1 is 1.09 bits per heavy atom. The van der Waals surface area contributed by atoms with Gasteiger partial charge in [0.25, 0.3) is 0 Å². The summed E-state index contributed by atoms with van der Waals surface area (Å²) < 4.78 is 22.7. The quantitative estimate of drug-likeness (QED) is 0.910. The number of carbonyl (C=O) groups excluding carboxylic acids is 1. The van der Waals surface area contributed by atoms with Crippen LogP contribution in [0.2, 0.25) is 0 Å². The lowest BCUT2D eigenvalue weighted by molar-refractivity contribution is 0.251. The first-order chi connectivity index (χ1) is 10.3. The molecular weight excluding hydrogens is 300 g/mol. The predicted octanol–water partition coefficient (Wildman–Crippen LogP) is 2.72. The summed E-state index contributed by atoms with van der Waals surface area (Å²) in [6.07, 6.45) is 1.14. The minimum atomic E-state index is -3.23. The van der Waals surface area contributed by atoms with Crippen molar-refractivity contribution in [1.82, 2.24) is 5.32 Å². The summed E-state index contributed by atoms with van der Waals surface area (Å²) in [4.78, 5) is 12.0. The number of amides is 2. The fourth-order valence-corrected chi connectivity index (χ4v) is 2.60. The van der Waals surface area contributed by atoms with Gasteiger partial charge >= 0.3 is 6.03 Å². The van der Waals surface area contributed by atoms with Gasteiger partial charge in [0.15, 0.2) is 9.84 Å². The van der Waals surface area contributed by atoms with Crippen LogP contribution in [-0.4, -0.2) is 20.7 Å². The molecule has 0 fully saturated rings. The van der Waals surface area contributed by atoms with E-state index in [0.717, 1.165) is 17.4 Å². The Morgan fingerprint density at radius 2 is 1.77 bits per heavy atom. The van der Waals surface area contributed by atoms with Crippen LogP contribution in [0.25, 0.3) is 0 Å². The van der Waals surface area contributed by atoms with Crippen molar-refractivity contribution in [2.75, 3.05) is 11.6 Å². The highest BCUT2D eigenvalue weighted by atomic mass is 32.2. The van der Waals surface area contributed by atoms with Crippen molar-refractivity contribution in [2.45, 2.75) is 18.4 Å². The van der Waals surface area contributed by atoms with E-state index in [1.165, 1.54) is 12.1 Å². The van der Waals surface area contributed by atoms with E-state index in [9.17, 15) is 13.2 Å². The lowest BCUT2D eigenvalue weighted by atomic mass is 10.1. The first-order valence-corrected chi connectivity index (χ1v) is 8.64. The summed E-state index contributed by atoms with van der Waals surface area (Å²) in [7, 11) is -3.23. The highest BCUT2D eigenvalue weighted by molar-refractivity contribution is 7.90. The molecule has 2 aromatic carbocycles. The predicted molar refractivity (Wildman–Crippen MR) is 86.6 cm³/mol. The molecular formula is C16H18N2O3S. The van der Waals surface area contributed by atoms with Gasteiger partial charge in [0.05, 0.1) is 4.90 Å². The topological polar surface area (TPSA) is 75.3 Å². The number of hydrogen-bond donors (Lipinski definition) is 2. The standard InChI is InChI=1S/C16H18N2O3S/c1-12-4-3-5-13(10-12)11-17-16(19)18-14-6-8-15(9-7-14)22(2,20)21/h3-10H,11H2,1-2H3,(H2,17,18,19). The second-order valence-corrected chi connectivity index (χ2v) is 7.11. The van der Waals surface area contributed by atoms with Crippen LogP contribution in [0.5, 0.6) is 0 Å². The van der Waals surface area contributed by atoms with E-state index in [1.54, 1.807) is 12.1 Å². The Bertz CT molecular complexity index is 768. The first-order valence-electron chi connectivity index (χ1n) is 6.75. The molecule has 0 atom stereocenters. The highest BCUT2D eigenvalue weighted by Gasteiger charge is 2.07. The van der Waals surface area contributed by atoms with Crippen LogP contribution < -0.4 is 10.6 Å². The van der Waals surface area contributed by atoms with Crippen LogP contribution in [0, 0.1) is 6.92 Å². The molecule has 0 aromatic heterocycles. The number of hydrogen-bond acceptors (Lipinski definition) is 3. The van der Waals surface area contributed by atoms with Crippen molar-refractivity contribution in [3.8, 4) is 0 Å². The molecule has 0 aliphatic carbocycles.